The number of carbonyl (C=O) groups is 1. The molecule has 0 saturated heterocycles. The number of hydrogen-bond donors (Lipinski definition) is 2. The Bertz CT molecular complexity index is 458. The fraction of sp³-hybridized carbons (Fsp3) is 0.714. The summed E-state index contributed by atoms with van der Waals surface area (Å²) in [6.45, 7) is 8.01. The summed E-state index contributed by atoms with van der Waals surface area (Å²) in [5.74, 6) is 1.05. The van der Waals surface area contributed by atoms with Crippen LogP contribution in [0.1, 0.15) is 43.3 Å². The minimum Gasteiger partial charge on any atom is -0.336 e. The van der Waals surface area contributed by atoms with Gasteiger partial charge >= 0.3 is 6.03 Å². The normalized spacial score (nSPS) is 13.9. The first-order valence-corrected chi connectivity index (χ1v) is 8.32. The molecule has 114 valence electrons. The van der Waals surface area contributed by atoms with Gasteiger partial charge in [-0.1, -0.05) is 0 Å². The molecule has 0 aliphatic heterocycles. The molecule has 2 amide bonds. The van der Waals surface area contributed by atoms with Crippen molar-refractivity contribution in [3.8, 4) is 0 Å². The van der Waals surface area contributed by atoms with Crippen molar-refractivity contribution in [2.24, 2.45) is 7.05 Å². The smallest absolute Gasteiger partial charge is 0.315 e. The summed E-state index contributed by atoms with van der Waals surface area (Å²) in [5, 5.41) is 10.3. The van der Waals surface area contributed by atoms with Gasteiger partial charge in [-0.3, -0.25) is 4.68 Å². The summed E-state index contributed by atoms with van der Waals surface area (Å²) in [4.78, 5) is 12.0. The van der Waals surface area contributed by atoms with E-state index in [0.717, 1.165) is 29.1 Å². The van der Waals surface area contributed by atoms with E-state index in [-0.39, 0.29) is 18.1 Å². The van der Waals surface area contributed by atoms with E-state index >= 15 is 0 Å². The Hall–Kier alpha value is -1.17. The van der Waals surface area contributed by atoms with Gasteiger partial charge in [-0.05, 0) is 46.1 Å². The maximum Gasteiger partial charge on any atom is 0.315 e. The van der Waals surface area contributed by atoms with Crippen molar-refractivity contribution in [3.63, 3.8) is 0 Å². The van der Waals surface area contributed by atoms with Crippen molar-refractivity contribution in [2.45, 2.75) is 46.2 Å². The molecule has 1 rings (SSSR count). The van der Waals surface area contributed by atoms with E-state index in [0.29, 0.717) is 0 Å². The summed E-state index contributed by atoms with van der Waals surface area (Å²) in [6, 6.07) is 0.0240. The largest absolute Gasteiger partial charge is 0.336 e. The van der Waals surface area contributed by atoms with E-state index in [4.69, 9.17) is 0 Å². The van der Waals surface area contributed by atoms with Crippen molar-refractivity contribution >= 4 is 17.8 Å². The van der Waals surface area contributed by atoms with Crippen LogP contribution in [-0.2, 0) is 7.05 Å². The molecule has 0 saturated carbocycles. The summed E-state index contributed by atoms with van der Waals surface area (Å²) >= 11 is 1.79. The third-order valence-electron chi connectivity index (χ3n) is 3.48. The second-order valence-corrected chi connectivity index (χ2v) is 6.22. The molecule has 5 nitrogen and oxygen atoms in total. The van der Waals surface area contributed by atoms with Crippen LogP contribution in [0.2, 0.25) is 0 Å². The highest BCUT2D eigenvalue weighted by molar-refractivity contribution is 7.98. The Morgan fingerprint density at radius 1 is 1.35 bits per heavy atom. The van der Waals surface area contributed by atoms with E-state index in [1.54, 1.807) is 11.8 Å². The summed E-state index contributed by atoms with van der Waals surface area (Å²) in [6.07, 6.45) is 3.05. The number of aryl methyl sites for hydroxylation is 2. The van der Waals surface area contributed by atoms with Gasteiger partial charge in [0.15, 0.2) is 0 Å². The predicted molar refractivity (Wildman–Crippen MR) is 85.2 cm³/mol. The standard InChI is InChI=1S/C14H26N4OS/c1-9(7-8-20-6)15-14(19)16-10(2)13-11(3)17-18(5)12(13)4/h9-10H,7-8H2,1-6H3,(H2,15,16,19)/t9-,10+/m0/s1. The van der Waals surface area contributed by atoms with Crippen LogP contribution in [0, 0.1) is 13.8 Å². The van der Waals surface area contributed by atoms with Crippen LogP contribution in [0.25, 0.3) is 0 Å². The van der Waals surface area contributed by atoms with Crippen molar-refractivity contribution in [2.75, 3.05) is 12.0 Å². The first-order valence-electron chi connectivity index (χ1n) is 6.92. The average molecular weight is 298 g/mol. The quantitative estimate of drug-likeness (QED) is 0.848. The maximum atomic E-state index is 12.0. The van der Waals surface area contributed by atoms with Crippen LogP contribution < -0.4 is 10.6 Å². The van der Waals surface area contributed by atoms with Crippen molar-refractivity contribution in [1.29, 1.82) is 0 Å². The topological polar surface area (TPSA) is 59.0 Å². The minimum atomic E-state index is -0.117. The van der Waals surface area contributed by atoms with Gasteiger partial charge in [0.2, 0.25) is 0 Å². The van der Waals surface area contributed by atoms with Crippen molar-refractivity contribution in [1.82, 2.24) is 20.4 Å². The van der Waals surface area contributed by atoms with E-state index in [2.05, 4.69) is 22.0 Å². The zero-order chi connectivity index (χ0) is 15.3. The average Bonchev–Trinajstić information content (AvgIpc) is 2.60. The van der Waals surface area contributed by atoms with Crippen LogP contribution in [-0.4, -0.2) is 33.9 Å². The highest BCUT2D eigenvalue weighted by Crippen LogP contribution is 2.20. The predicted octanol–water partition coefficient (Wildman–Crippen LogP) is 2.54. The fourth-order valence-corrected chi connectivity index (χ4v) is 2.91. The molecular weight excluding hydrogens is 272 g/mol. The molecule has 0 bridgehead atoms. The lowest BCUT2D eigenvalue weighted by Gasteiger charge is -2.18. The van der Waals surface area contributed by atoms with E-state index in [9.17, 15) is 4.79 Å². The lowest BCUT2D eigenvalue weighted by molar-refractivity contribution is 0.234. The first kappa shape index (κ1) is 16.9. The Labute approximate surface area is 125 Å². The number of nitrogens with one attached hydrogen (secondary N) is 2. The molecule has 2 N–H and O–H groups in total. The first-order chi connectivity index (χ1) is 9.36. The number of rotatable bonds is 6. The van der Waals surface area contributed by atoms with Gasteiger partial charge in [0.05, 0.1) is 11.7 Å². The third kappa shape index (κ3) is 4.44. The van der Waals surface area contributed by atoms with E-state index < -0.39 is 0 Å². The molecule has 0 unspecified atom stereocenters. The summed E-state index contributed by atoms with van der Waals surface area (Å²) in [5.41, 5.74) is 3.15. The highest BCUT2D eigenvalue weighted by atomic mass is 32.2. The molecule has 0 aliphatic carbocycles. The zero-order valence-electron chi connectivity index (χ0n) is 13.3. The SMILES string of the molecule is CSCC[C@H](C)NC(=O)N[C@H](C)c1c(C)nn(C)c1C. The molecule has 2 atom stereocenters. The molecule has 1 aromatic rings. The van der Waals surface area contributed by atoms with Gasteiger partial charge < -0.3 is 10.6 Å². The van der Waals surface area contributed by atoms with Gasteiger partial charge in [-0.25, -0.2) is 4.79 Å². The number of aromatic nitrogens is 2. The molecular formula is C14H26N4OS. The highest BCUT2D eigenvalue weighted by Gasteiger charge is 2.18. The molecule has 0 aliphatic rings. The van der Waals surface area contributed by atoms with Crippen LogP contribution in [0.3, 0.4) is 0 Å². The minimum absolute atomic E-state index is 0.0450. The Morgan fingerprint density at radius 2 is 2.00 bits per heavy atom. The zero-order valence-corrected chi connectivity index (χ0v) is 14.1. The number of thioether (sulfide) groups is 1. The molecule has 1 aromatic heterocycles. The molecule has 1 heterocycles. The number of nitrogens with zero attached hydrogens (tertiary/aromatic N) is 2. The number of hydrogen-bond acceptors (Lipinski definition) is 3. The number of amides is 2. The van der Waals surface area contributed by atoms with Gasteiger partial charge in [-0.15, -0.1) is 0 Å². The van der Waals surface area contributed by atoms with Crippen LogP contribution in [0.15, 0.2) is 0 Å². The fourth-order valence-electron chi connectivity index (χ4n) is 2.32. The molecule has 6 heteroatoms. The van der Waals surface area contributed by atoms with Gasteiger partial charge in [-0.2, -0.15) is 16.9 Å². The Morgan fingerprint density at radius 3 is 2.50 bits per heavy atom. The lowest BCUT2D eigenvalue weighted by Crippen LogP contribution is -2.42. The van der Waals surface area contributed by atoms with Gasteiger partial charge in [0, 0.05) is 24.3 Å². The molecule has 0 radical (unpaired) electrons. The van der Waals surface area contributed by atoms with E-state index in [1.807, 2.05) is 39.4 Å². The Kier molecular flexibility index (Phi) is 6.39. The molecule has 0 fully saturated rings. The molecule has 0 aromatic carbocycles. The van der Waals surface area contributed by atoms with Crippen molar-refractivity contribution in [3.05, 3.63) is 17.0 Å². The van der Waals surface area contributed by atoms with Crippen molar-refractivity contribution < 1.29 is 4.79 Å². The summed E-state index contributed by atoms with van der Waals surface area (Å²) < 4.78 is 1.85. The molecule has 20 heavy (non-hydrogen) atoms. The van der Waals surface area contributed by atoms with E-state index in [1.165, 1.54) is 0 Å². The number of carbonyl (C=O) groups excluding carboxylic acids is 1. The maximum absolute atomic E-state index is 12.0. The monoisotopic (exact) mass is 298 g/mol. The number of urea groups is 1. The molecule has 0 spiro atoms. The second kappa shape index (κ2) is 7.57. The lowest BCUT2D eigenvalue weighted by atomic mass is 10.1. The van der Waals surface area contributed by atoms with Crippen LogP contribution in [0.5, 0.6) is 0 Å². The third-order valence-corrected chi connectivity index (χ3v) is 4.12. The Balaban J connectivity index is 2.57. The summed E-state index contributed by atoms with van der Waals surface area (Å²) in [7, 11) is 1.92. The van der Waals surface area contributed by atoms with Crippen LogP contribution in [0.4, 0.5) is 4.79 Å². The second-order valence-electron chi connectivity index (χ2n) is 5.23. The van der Waals surface area contributed by atoms with Gasteiger partial charge in [0.25, 0.3) is 0 Å². The van der Waals surface area contributed by atoms with Gasteiger partial charge in [0.1, 0.15) is 0 Å². The van der Waals surface area contributed by atoms with Crippen LogP contribution >= 0.6 is 11.8 Å².